The standard InChI is InChI=1S/C11H23NO5S2/c1-18-19-5-4-9(13)2-3-10(14)7-17-8-11(15)6-12-16/h10-12,14-16H,2-8H2,1H3. The zero-order valence-electron chi connectivity index (χ0n) is 11.1. The quantitative estimate of drug-likeness (QED) is 0.221. The van der Waals surface area contributed by atoms with Gasteiger partial charge in [0.05, 0.1) is 25.4 Å². The van der Waals surface area contributed by atoms with E-state index in [-0.39, 0.29) is 25.5 Å². The van der Waals surface area contributed by atoms with Crippen LogP contribution in [-0.2, 0) is 9.53 Å². The van der Waals surface area contributed by atoms with Crippen molar-refractivity contribution in [1.82, 2.24) is 5.48 Å². The molecule has 0 amide bonds. The van der Waals surface area contributed by atoms with Gasteiger partial charge >= 0.3 is 0 Å². The van der Waals surface area contributed by atoms with Gasteiger partial charge in [-0.2, -0.15) is 0 Å². The van der Waals surface area contributed by atoms with Crippen molar-refractivity contribution in [1.29, 1.82) is 0 Å². The topological polar surface area (TPSA) is 99.0 Å². The average Bonchev–Trinajstić information content (AvgIpc) is 2.37. The molecule has 0 bridgehead atoms. The van der Waals surface area contributed by atoms with Crippen molar-refractivity contribution in [3.05, 3.63) is 0 Å². The highest BCUT2D eigenvalue weighted by Gasteiger charge is 2.10. The molecule has 0 rings (SSSR count). The first-order valence-corrected chi connectivity index (χ1v) is 8.81. The van der Waals surface area contributed by atoms with Crippen LogP contribution < -0.4 is 5.48 Å². The van der Waals surface area contributed by atoms with Gasteiger partial charge in [-0.05, 0) is 12.7 Å². The Morgan fingerprint density at radius 3 is 2.58 bits per heavy atom. The number of carbonyl (C=O) groups excluding carboxylic acids is 1. The maximum absolute atomic E-state index is 11.4. The third kappa shape index (κ3) is 12.9. The second-order valence-electron chi connectivity index (χ2n) is 4.02. The van der Waals surface area contributed by atoms with Gasteiger partial charge in [-0.25, -0.2) is 5.48 Å². The summed E-state index contributed by atoms with van der Waals surface area (Å²) in [5.74, 6) is 0.942. The number of carbonyl (C=O) groups is 1. The van der Waals surface area contributed by atoms with Crippen LogP contribution in [0.15, 0.2) is 0 Å². The van der Waals surface area contributed by atoms with E-state index in [1.165, 1.54) is 0 Å². The van der Waals surface area contributed by atoms with E-state index in [4.69, 9.17) is 9.94 Å². The van der Waals surface area contributed by atoms with Crippen LogP contribution in [-0.4, -0.2) is 65.2 Å². The molecule has 0 spiro atoms. The van der Waals surface area contributed by atoms with E-state index in [1.807, 2.05) is 11.7 Å². The third-order valence-corrected chi connectivity index (χ3v) is 4.10. The van der Waals surface area contributed by atoms with E-state index in [0.717, 1.165) is 5.75 Å². The number of Topliss-reactive ketones (excluding diaryl/α,β-unsaturated/α-hetero) is 1. The molecule has 6 nitrogen and oxygen atoms in total. The number of ether oxygens (including phenoxy) is 1. The third-order valence-electron chi connectivity index (χ3n) is 2.29. The van der Waals surface area contributed by atoms with Crippen molar-refractivity contribution in [3.8, 4) is 0 Å². The van der Waals surface area contributed by atoms with Gasteiger partial charge in [0, 0.05) is 25.1 Å². The zero-order valence-corrected chi connectivity index (χ0v) is 12.7. The fourth-order valence-corrected chi connectivity index (χ4v) is 2.51. The zero-order chi connectivity index (χ0) is 14.5. The molecule has 0 aliphatic heterocycles. The van der Waals surface area contributed by atoms with Crippen LogP contribution >= 0.6 is 21.6 Å². The largest absolute Gasteiger partial charge is 0.391 e. The first kappa shape index (κ1) is 19.2. The minimum Gasteiger partial charge on any atom is -0.391 e. The Kier molecular flexibility index (Phi) is 13.3. The van der Waals surface area contributed by atoms with E-state index < -0.39 is 12.2 Å². The molecule has 2 atom stereocenters. The summed E-state index contributed by atoms with van der Waals surface area (Å²) in [5.41, 5.74) is 1.83. The summed E-state index contributed by atoms with van der Waals surface area (Å²) >= 11 is 0. The van der Waals surface area contributed by atoms with Gasteiger partial charge in [0.1, 0.15) is 5.78 Å². The minimum absolute atomic E-state index is 0.0156. The number of nitrogens with one attached hydrogen (secondary N) is 1. The molecule has 19 heavy (non-hydrogen) atoms. The molecular weight excluding hydrogens is 290 g/mol. The smallest absolute Gasteiger partial charge is 0.133 e. The Labute approximate surface area is 121 Å². The number of rotatable bonds is 13. The molecule has 0 saturated heterocycles. The van der Waals surface area contributed by atoms with Crippen molar-refractivity contribution >= 4 is 27.4 Å². The van der Waals surface area contributed by atoms with E-state index in [2.05, 4.69) is 0 Å². The molecule has 0 aliphatic carbocycles. The molecule has 8 heteroatoms. The van der Waals surface area contributed by atoms with Crippen LogP contribution in [0, 0.1) is 0 Å². The maximum Gasteiger partial charge on any atom is 0.133 e. The summed E-state index contributed by atoms with van der Waals surface area (Å²) < 4.78 is 5.07. The first-order chi connectivity index (χ1) is 9.10. The molecule has 2 unspecified atom stereocenters. The van der Waals surface area contributed by atoms with Crippen LogP contribution in [0.25, 0.3) is 0 Å². The molecule has 0 aliphatic rings. The fraction of sp³-hybridized carbons (Fsp3) is 0.909. The van der Waals surface area contributed by atoms with Crippen molar-refractivity contribution in [3.63, 3.8) is 0 Å². The van der Waals surface area contributed by atoms with Crippen LogP contribution in [0.3, 0.4) is 0 Å². The van der Waals surface area contributed by atoms with Crippen LogP contribution in [0.1, 0.15) is 19.3 Å². The molecule has 0 saturated carbocycles. The summed E-state index contributed by atoms with van der Waals surface area (Å²) in [7, 11) is 3.28. The monoisotopic (exact) mass is 313 g/mol. The highest BCUT2D eigenvalue weighted by Crippen LogP contribution is 2.18. The first-order valence-electron chi connectivity index (χ1n) is 6.08. The Morgan fingerprint density at radius 1 is 1.26 bits per heavy atom. The summed E-state index contributed by atoms with van der Waals surface area (Å²) in [6.45, 7) is 0.125. The van der Waals surface area contributed by atoms with Gasteiger partial charge < -0.3 is 20.2 Å². The second kappa shape index (κ2) is 13.2. The van der Waals surface area contributed by atoms with Gasteiger partial charge in [0.2, 0.25) is 0 Å². The van der Waals surface area contributed by atoms with E-state index in [1.54, 1.807) is 21.6 Å². The summed E-state index contributed by atoms with van der Waals surface area (Å²) in [4.78, 5) is 11.4. The summed E-state index contributed by atoms with van der Waals surface area (Å²) in [5, 5.41) is 27.1. The number of hydrogen-bond acceptors (Lipinski definition) is 8. The number of hydroxylamine groups is 1. The lowest BCUT2D eigenvalue weighted by molar-refractivity contribution is -0.119. The molecule has 0 aromatic rings. The maximum atomic E-state index is 11.4. The predicted molar refractivity (Wildman–Crippen MR) is 77.5 cm³/mol. The van der Waals surface area contributed by atoms with Crippen LogP contribution in [0.4, 0.5) is 0 Å². The van der Waals surface area contributed by atoms with Gasteiger partial charge in [0.15, 0.2) is 0 Å². The number of ketones is 1. The van der Waals surface area contributed by atoms with Crippen molar-refractivity contribution in [2.24, 2.45) is 0 Å². The lowest BCUT2D eigenvalue weighted by Crippen LogP contribution is -2.29. The number of hydrogen-bond donors (Lipinski definition) is 4. The van der Waals surface area contributed by atoms with Gasteiger partial charge in [-0.3, -0.25) is 4.79 Å². The molecule has 0 aromatic heterocycles. The van der Waals surface area contributed by atoms with Crippen LogP contribution in [0.5, 0.6) is 0 Å². The molecule has 0 radical (unpaired) electrons. The van der Waals surface area contributed by atoms with Gasteiger partial charge in [0.25, 0.3) is 0 Å². The van der Waals surface area contributed by atoms with Crippen LogP contribution in [0.2, 0.25) is 0 Å². The molecule has 114 valence electrons. The highest BCUT2D eigenvalue weighted by atomic mass is 33.1. The minimum atomic E-state index is -0.817. The second-order valence-corrected chi connectivity index (χ2v) is 6.71. The molecular formula is C11H23NO5S2. The van der Waals surface area contributed by atoms with Crippen molar-refractivity contribution < 1.29 is 25.0 Å². The summed E-state index contributed by atoms with van der Waals surface area (Å²) in [6.07, 6.45) is 1.70. The molecule has 0 heterocycles. The number of aliphatic hydroxyl groups excluding tert-OH is 2. The molecule has 0 fully saturated rings. The normalized spacial score (nSPS) is 14.3. The molecule has 0 aromatic carbocycles. The van der Waals surface area contributed by atoms with Gasteiger partial charge in [-0.1, -0.05) is 21.6 Å². The van der Waals surface area contributed by atoms with Crippen molar-refractivity contribution in [2.75, 3.05) is 31.8 Å². The lowest BCUT2D eigenvalue weighted by Gasteiger charge is -2.13. The van der Waals surface area contributed by atoms with Crippen molar-refractivity contribution in [2.45, 2.75) is 31.5 Å². The Hall–Kier alpha value is 0.170. The lowest BCUT2D eigenvalue weighted by atomic mass is 10.1. The predicted octanol–water partition coefficient (Wildman–Crippen LogP) is 0.454. The highest BCUT2D eigenvalue weighted by molar-refractivity contribution is 8.76. The molecule has 4 N–H and O–H groups in total. The Bertz CT molecular complexity index is 233. The Morgan fingerprint density at radius 2 is 1.95 bits per heavy atom. The fourth-order valence-electron chi connectivity index (χ4n) is 1.28. The Balaban J connectivity index is 3.47. The average molecular weight is 313 g/mol. The summed E-state index contributed by atoms with van der Waals surface area (Å²) in [6, 6.07) is 0. The van der Waals surface area contributed by atoms with E-state index in [0.29, 0.717) is 19.3 Å². The SMILES string of the molecule is CSSCCC(=O)CCC(O)COCC(O)CNO. The number of aliphatic hydroxyl groups is 2. The van der Waals surface area contributed by atoms with E-state index >= 15 is 0 Å². The van der Waals surface area contributed by atoms with Gasteiger partial charge in [-0.15, -0.1) is 0 Å². The van der Waals surface area contributed by atoms with E-state index in [9.17, 15) is 15.0 Å².